The fraction of sp³-hybridized carbons (Fsp3) is 0.200. The first-order chi connectivity index (χ1) is 11.5. The van der Waals surface area contributed by atoms with Gasteiger partial charge < -0.3 is 11.1 Å². The van der Waals surface area contributed by atoms with E-state index in [-0.39, 0.29) is 11.5 Å². The highest BCUT2D eigenvalue weighted by molar-refractivity contribution is 7.20. The first-order valence-corrected chi connectivity index (χ1v) is 7.50. The Bertz CT molecular complexity index is 966. The van der Waals surface area contributed by atoms with Gasteiger partial charge in [-0.3, -0.25) is 0 Å². The van der Waals surface area contributed by atoms with Crippen LogP contribution in [0, 0.1) is 43.1 Å². The molecule has 0 unspecified atom stereocenters. The molecular weight excluding hydrogens is 324 g/mol. The predicted molar refractivity (Wildman–Crippen MR) is 91.9 cm³/mol. The second-order valence-electron chi connectivity index (χ2n) is 4.69. The number of anilines is 2. The lowest BCUT2D eigenvalue weighted by molar-refractivity contribution is 1.17. The van der Waals surface area contributed by atoms with Crippen molar-refractivity contribution in [2.45, 2.75) is 13.8 Å². The van der Waals surface area contributed by atoms with Gasteiger partial charge in [0, 0.05) is 12.6 Å². The second kappa shape index (κ2) is 6.74. The van der Waals surface area contributed by atoms with E-state index >= 15 is 0 Å². The van der Waals surface area contributed by atoms with E-state index < -0.39 is 0 Å². The van der Waals surface area contributed by atoms with Crippen LogP contribution in [0.2, 0.25) is 0 Å². The molecule has 2 rings (SSSR count). The van der Waals surface area contributed by atoms with Crippen LogP contribution in [0.4, 0.5) is 27.3 Å². The number of nitrogen functional groups attached to an aromatic ring is 1. The number of thiophene rings is 1. The Hall–Kier alpha value is -3.48. The summed E-state index contributed by atoms with van der Waals surface area (Å²) in [5, 5.41) is 30.2. The predicted octanol–water partition coefficient (Wildman–Crippen LogP) is 4.09. The minimum Gasteiger partial charge on any atom is -0.382 e. The Morgan fingerprint density at radius 1 is 1.21 bits per heavy atom. The fourth-order valence-electron chi connectivity index (χ4n) is 2.05. The van der Waals surface area contributed by atoms with Gasteiger partial charge in [-0.25, -0.2) is 9.83 Å². The molecule has 9 heteroatoms. The van der Waals surface area contributed by atoms with E-state index in [0.29, 0.717) is 38.1 Å². The maximum absolute atomic E-state index is 9.27. The summed E-state index contributed by atoms with van der Waals surface area (Å²) in [6.07, 6.45) is 0. The molecule has 0 spiro atoms. The SMILES string of the molecule is [C-]#[N+]c1sc(N=Nc2c(N)nc(NC)c(C#N)c2C)c(C#N)c1C. The Morgan fingerprint density at radius 3 is 2.42 bits per heavy atom. The lowest BCUT2D eigenvalue weighted by Crippen LogP contribution is -2.02. The summed E-state index contributed by atoms with van der Waals surface area (Å²) >= 11 is 1.08. The average molecular weight is 336 g/mol. The number of pyridine rings is 1. The summed E-state index contributed by atoms with van der Waals surface area (Å²) in [7, 11) is 1.64. The van der Waals surface area contributed by atoms with Crippen molar-refractivity contribution in [3.05, 3.63) is 33.7 Å². The van der Waals surface area contributed by atoms with E-state index in [4.69, 9.17) is 12.3 Å². The third-order valence-corrected chi connectivity index (χ3v) is 4.42. The number of azo groups is 1. The highest BCUT2D eigenvalue weighted by Gasteiger charge is 2.17. The standard InChI is InChI=1S/C15H12N8S/c1-7-9(5-16)13(19-3)21-12(18)11(7)22-23-15-10(6-17)8(2)14(20-4)24-15/h1-3H3,(H3,18,19,21). The lowest BCUT2D eigenvalue weighted by atomic mass is 10.1. The molecular formula is C15H12N8S. The smallest absolute Gasteiger partial charge is 0.247 e. The summed E-state index contributed by atoms with van der Waals surface area (Å²) in [6.45, 7) is 10.5. The van der Waals surface area contributed by atoms with Gasteiger partial charge in [-0.2, -0.15) is 10.5 Å². The summed E-state index contributed by atoms with van der Waals surface area (Å²) in [4.78, 5) is 7.46. The number of hydrogen-bond acceptors (Lipinski definition) is 8. The molecule has 24 heavy (non-hydrogen) atoms. The molecule has 0 atom stereocenters. The van der Waals surface area contributed by atoms with Gasteiger partial charge in [0.1, 0.15) is 28.6 Å². The Morgan fingerprint density at radius 2 is 1.88 bits per heavy atom. The van der Waals surface area contributed by atoms with Crippen LogP contribution in [-0.2, 0) is 0 Å². The van der Waals surface area contributed by atoms with Crippen molar-refractivity contribution >= 4 is 38.7 Å². The third-order valence-electron chi connectivity index (χ3n) is 3.35. The van der Waals surface area contributed by atoms with Crippen molar-refractivity contribution in [3.63, 3.8) is 0 Å². The molecule has 3 N–H and O–H groups in total. The van der Waals surface area contributed by atoms with Crippen LogP contribution < -0.4 is 11.1 Å². The molecule has 0 aliphatic carbocycles. The van der Waals surface area contributed by atoms with Crippen LogP contribution in [-0.4, -0.2) is 12.0 Å². The number of nitrogens with zero attached hydrogens (tertiary/aromatic N) is 6. The second-order valence-corrected chi connectivity index (χ2v) is 5.67. The number of hydrogen-bond donors (Lipinski definition) is 2. The molecule has 0 aliphatic heterocycles. The van der Waals surface area contributed by atoms with Gasteiger partial charge in [0.05, 0.1) is 17.7 Å². The molecule has 8 nitrogen and oxygen atoms in total. The van der Waals surface area contributed by atoms with Gasteiger partial charge in [-0.05, 0) is 19.4 Å². The Balaban J connectivity index is 2.58. The molecule has 2 heterocycles. The van der Waals surface area contributed by atoms with Crippen molar-refractivity contribution < 1.29 is 0 Å². The normalized spacial score (nSPS) is 10.2. The zero-order valence-corrected chi connectivity index (χ0v) is 14.0. The molecule has 118 valence electrons. The number of nitriles is 2. The maximum atomic E-state index is 9.27. The summed E-state index contributed by atoms with van der Waals surface area (Å²) in [6, 6.07) is 4.08. The van der Waals surface area contributed by atoms with E-state index in [9.17, 15) is 10.5 Å². The average Bonchev–Trinajstić information content (AvgIpc) is 2.89. The molecule has 0 saturated heterocycles. The summed E-state index contributed by atoms with van der Waals surface area (Å²) in [5.41, 5.74) is 7.92. The zero-order chi connectivity index (χ0) is 17.9. The van der Waals surface area contributed by atoms with Gasteiger partial charge >= 0.3 is 0 Å². The molecule has 0 radical (unpaired) electrons. The van der Waals surface area contributed by atoms with Crippen LogP contribution in [0.15, 0.2) is 10.2 Å². The summed E-state index contributed by atoms with van der Waals surface area (Å²) < 4.78 is 0. The number of nitrogens with two attached hydrogens (primary N) is 1. The van der Waals surface area contributed by atoms with E-state index in [1.807, 2.05) is 6.07 Å². The number of nitrogens with one attached hydrogen (secondary N) is 1. The van der Waals surface area contributed by atoms with E-state index in [1.54, 1.807) is 20.9 Å². The molecule has 2 aromatic heterocycles. The van der Waals surface area contributed by atoms with Crippen LogP contribution in [0.5, 0.6) is 0 Å². The van der Waals surface area contributed by atoms with Gasteiger partial charge in [0.2, 0.25) is 5.00 Å². The molecule has 0 aliphatic rings. The van der Waals surface area contributed by atoms with Crippen molar-refractivity contribution in [1.29, 1.82) is 10.5 Å². The molecule has 0 aromatic carbocycles. The summed E-state index contributed by atoms with van der Waals surface area (Å²) in [5.74, 6) is 0.489. The maximum Gasteiger partial charge on any atom is 0.247 e. The highest BCUT2D eigenvalue weighted by Crippen LogP contribution is 2.42. The Labute approximate surface area is 142 Å². The molecule has 0 fully saturated rings. The first-order valence-electron chi connectivity index (χ1n) is 6.69. The van der Waals surface area contributed by atoms with Gasteiger partial charge in [0.25, 0.3) is 0 Å². The largest absolute Gasteiger partial charge is 0.382 e. The van der Waals surface area contributed by atoms with Crippen molar-refractivity contribution in [2.24, 2.45) is 10.2 Å². The zero-order valence-electron chi connectivity index (χ0n) is 13.2. The van der Waals surface area contributed by atoms with Crippen LogP contribution >= 0.6 is 11.3 Å². The number of rotatable bonds is 3. The van der Waals surface area contributed by atoms with Crippen molar-refractivity contribution in [3.8, 4) is 12.1 Å². The number of aromatic nitrogens is 1. The first kappa shape index (κ1) is 16.9. The van der Waals surface area contributed by atoms with Crippen molar-refractivity contribution in [1.82, 2.24) is 4.98 Å². The van der Waals surface area contributed by atoms with Gasteiger partial charge in [0.15, 0.2) is 5.82 Å². The molecule has 0 saturated carbocycles. The lowest BCUT2D eigenvalue weighted by Gasteiger charge is -2.09. The van der Waals surface area contributed by atoms with E-state index in [1.165, 1.54) is 0 Å². The molecule has 0 amide bonds. The van der Waals surface area contributed by atoms with Gasteiger partial charge in [-0.15, -0.1) is 21.6 Å². The van der Waals surface area contributed by atoms with E-state index in [0.717, 1.165) is 11.3 Å². The monoisotopic (exact) mass is 336 g/mol. The molecule has 2 aromatic rings. The topological polar surface area (TPSA) is 128 Å². The minimum absolute atomic E-state index is 0.122. The van der Waals surface area contributed by atoms with Gasteiger partial charge in [-0.1, -0.05) is 0 Å². The Kier molecular flexibility index (Phi) is 4.74. The van der Waals surface area contributed by atoms with Crippen molar-refractivity contribution in [2.75, 3.05) is 18.1 Å². The van der Waals surface area contributed by atoms with E-state index in [2.05, 4.69) is 31.4 Å². The van der Waals surface area contributed by atoms with Crippen LogP contribution in [0.3, 0.4) is 0 Å². The fourth-order valence-corrected chi connectivity index (χ4v) is 2.92. The highest BCUT2D eigenvalue weighted by atomic mass is 32.1. The van der Waals surface area contributed by atoms with Crippen LogP contribution in [0.25, 0.3) is 4.85 Å². The molecule has 0 bridgehead atoms. The quantitative estimate of drug-likeness (QED) is 0.644. The minimum atomic E-state index is 0.122. The third kappa shape index (κ3) is 2.74. The van der Waals surface area contributed by atoms with Crippen LogP contribution in [0.1, 0.15) is 22.3 Å².